The third-order valence-electron chi connectivity index (χ3n) is 6.89. The van der Waals surface area contributed by atoms with Crippen LogP contribution in [0.2, 0.25) is 0 Å². The Balaban J connectivity index is 1.55. The maximum absolute atomic E-state index is 13.7. The lowest BCUT2D eigenvalue weighted by Crippen LogP contribution is -2.50. The van der Waals surface area contributed by atoms with E-state index in [-0.39, 0.29) is 23.3 Å². The molecule has 3 aromatic carbocycles. The number of amides is 2. The Hall–Kier alpha value is -3.44. The van der Waals surface area contributed by atoms with Crippen LogP contribution in [0.5, 0.6) is 0 Å². The normalized spacial score (nSPS) is 27.6. The number of carbonyl (C=O) groups excluding carboxylic acids is 2. The number of halogens is 1. The van der Waals surface area contributed by atoms with Gasteiger partial charge in [0.1, 0.15) is 4.87 Å². The summed E-state index contributed by atoms with van der Waals surface area (Å²) in [6.07, 6.45) is 0. The van der Waals surface area contributed by atoms with Crippen molar-refractivity contribution in [3.63, 3.8) is 0 Å². The SMILES string of the molecule is O=C(O)c1ccc(N2C(=O)[C@@H]3C4c5ccccc5C(Cl)(c5ccccc54)[C@@H]3C2=O)cc1. The molecule has 0 saturated carbocycles. The van der Waals surface area contributed by atoms with Gasteiger partial charge in [-0.2, -0.15) is 0 Å². The molecular weight excluding hydrogens is 414 g/mol. The molecular formula is C25H16ClNO4. The first-order valence-electron chi connectivity index (χ1n) is 10.0. The Morgan fingerprint density at radius 2 is 1.39 bits per heavy atom. The first-order chi connectivity index (χ1) is 14.9. The summed E-state index contributed by atoms with van der Waals surface area (Å²) in [6, 6.07) is 21.4. The van der Waals surface area contributed by atoms with E-state index in [9.17, 15) is 14.4 Å². The average Bonchev–Trinajstić information content (AvgIpc) is 3.06. The molecule has 2 bridgehead atoms. The van der Waals surface area contributed by atoms with Crippen LogP contribution >= 0.6 is 11.6 Å². The molecule has 5 nitrogen and oxygen atoms in total. The van der Waals surface area contributed by atoms with Crippen molar-refractivity contribution in [2.45, 2.75) is 10.8 Å². The number of carbonyl (C=O) groups is 3. The average molecular weight is 430 g/mol. The Morgan fingerprint density at radius 3 is 1.94 bits per heavy atom. The fourth-order valence-electron chi connectivity index (χ4n) is 5.69. The zero-order valence-electron chi connectivity index (χ0n) is 16.2. The number of hydrogen-bond donors (Lipinski definition) is 1. The highest BCUT2D eigenvalue weighted by Crippen LogP contribution is 2.65. The zero-order valence-corrected chi connectivity index (χ0v) is 16.9. The quantitative estimate of drug-likeness (QED) is 0.491. The number of hydrogen-bond acceptors (Lipinski definition) is 3. The van der Waals surface area contributed by atoms with Crippen molar-refractivity contribution in [2.75, 3.05) is 4.90 Å². The maximum Gasteiger partial charge on any atom is 0.335 e. The minimum Gasteiger partial charge on any atom is -0.478 e. The number of carboxylic acid groups (broad SMARTS) is 1. The van der Waals surface area contributed by atoms with E-state index < -0.39 is 22.7 Å². The fraction of sp³-hybridized carbons (Fsp3) is 0.160. The van der Waals surface area contributed by atoms with Crippen LogP contribution in [-0.4, -0.2) is 22.9 Å². The molecule has 4 aliphatic rings. The van der Waals surface area contributed by atoms with Gasteiger partial charge in [-0.1, -0.05) is 48.5 Å². The number of rotatable bonds is 2. The van der Waals surface area contributed by atoms with E-state index >= 15 is 0 Å². The van der Waals surface area contributed by atoms with Crippen LogP contribution in [0.1, 0.15) is 38.5 Å². The van der Waals surface area contributed by atoms with Gasteiger partial charge in [0.25, 0.3) is 0 Å². The van der Waals surface area contributed by atoms with Gasteiger partial charge in [0, 0.05) is 5.92 Å². The van der Waals surface area contributed by atoms with Crippen LogP contribution in [0.4, 0.5) is 5.69 Å². The van der Waals surface area contributed by atoms with Crippen molar-refractivity contribution < 1.29 is 19.5 Å². The number of imide groups is 1. The largest absolute Gasteiger partial charge is 0.478 e. The second kappa shape index (κ2) is 6.05. The molecule has 0 unspecified atom stereocenters. The topological polar surface area (TPSA) is 74.7 Å². The fourth-order valence-corrected chi connectivity index (χ4v) is 6.26. The molecule has 7 rings (SSSR count). The lowest BCUT2D eigenvalue weighted by atomic mass is 9.54. The van der Waals surface area contributed by atoms with Gasteiger partial charge in [-0.25, -0.2) is 9.69 Å². The number of aromatic carboxylic acids is 1. The number of carboxylic acids is 1. The van der Waals surface area contributed by atoms with Crippen LogP contribution in [0.3, 0.4) is 0 Å². The van der Waals surface area contributed by atoms with Crippen molar-refractivity contribution in [1.29, 1.82) is 0 Å². The van der Waals surface area contributed by atoms with Crippen LogP contribution < -0.4 is 4.90 Å². The maximum atomic E-state index is 13.7. The van der Waals surface area contributed by atoms with Crippen LogP contribution in [-0.2, 0) is 14.5 Å². The molecule has 0 aromatic heterocycles. The summed E-state index contributed by atoms with van der Waals surface area (Å²) < 4.78 is 0. The van der Waals surface area contributed by atoms with Gasteiger partial charge in [-0.15, -0.1) is 11.6 Å². The molecule has 6 heteroatoms. The van der Waals surface area contributed by atoms with Crippen molar-refractivity contribution in [2.24, 2.45) is 11.8 Å². The highest BCUT2D eigenvalue weighted by Gasteiger charge is 2.67. The highest BCUT2D eigenvalue weighted by molar-refractivity contribution is 6.33. The molecule has 1 fully saturated rings. The predicted molar refractivity (Wildman–Crippen MR) is 114 cm³/mol. The molecule has 31 heavy (non-hydrogen) atoms. The van der Waals surface area contributed by atoms with E-state index in [0.29, 0.717) is 5.69 Å². The summed E-state index contributed by atoms with van der Waals surface area (Å²) in [4.78, 5) is 38.6. The Kier molecular flexibility index (Phi) is 3.58. The van der Waals surface area contributed by atoms with Gasteiger partial charge in [-0.3, -0.25) is 9.59 Å². The Labute approximate surface area is 182 Å². The Morgan fingerprint density at radius 1 is 0.839 bits per heavy atom. The van der Waals surface area contributed by atoms with E-state index in [1.807, 2.05) is 48.5 Å². The molecule has 1 N–H and O–H groups in total. The second-order valence-corrected chi connectivity index (χ2v) is 8.83. The molecule has 0 radical (unpaired) electrons. The molecule has 2 atom stereocenters. The first kappa shape index (κ1) is 18.3. The van der Waals surface area contributed by atoms with Crippen LogP contribution in [0, 0.1) is 11.8 Å². The van der Waals surface area contributed by atoms with Crippen molar-refractivity contribution in [3.05, 3.63) is 101 Å². The van der Waals surface area contributed by atoms with Crippen LogP contribution in [0.25, 0.3) is 0 Å². The Bertz CT molecular complexity index is 1250. The summed E-state index contributed by atoms with van der Waals surface area (Å²) in [7, 11) is 0. The number of anilines is 1. The second-order valence-electron chi connectivity index (χ2n) is 8.23. The van der Waals surface area contributed by atoms with Gasteiger partial charge in [-0.05, 0) is 46.5 Å². The van der Waals surface area contributed by atoms with Crippen molar-refractivity contribution in [1.82, 2.24) is 0 Å². The summed E-state index contributed by atoms with van der Waals surface area (Å²) >= 11 is 7.36. The molecule has 3 aromatic rings. The lowest BCUT2D eigenvalue weighted by molar-refractivity contribution is -0.122. The zero-order chi connectivity index (χ0) is 21.5. The van der Waals surface area contributed by atoms with Gasteiger partial charge in [0.15, 0.2) is 0 Å². The standard InChI is InChI=1S/C25H16ClNO4/c26-25-17-7-3-1-5-15(17)19(16-6-2-4-8-18(16)25)20-21(25)23(29)27(22(20)28)14-11-9-13(10-12-14)24(30)31/h1-12,19-21H,(H,30,31)/t19?,20-,21+,25?/m1/s1. The number of alkyl halides is 1. The summed E-state index contributed by atoms with van der Waals surface area (Å²) in [5.74, 6) is -3.29. The van der Waals surface area contributed by atoms with E-state index in [1.165, 1.54) is 29.2 Å². The van der Waals surface area contributed by atoms with E-state index in [1.54, 1.807) is 0 Å². The predicted octanol–water partition coefficient (Wildman–Crippen LogP) is 4.13. The number of nitrogens with zero attached hydrogens (tertiary/aromatic N) is 1. The first-order valence-corrected chi connectivity index (χ1v) is 10.4. The lowest BCUT2D eigenvalue weighted by Gasteiger charge is -2.50. The van der Waals surface area contributed by atoms with Gasteiger partial charge in [0.05, 0.1) is 23.1 Å². The number of benzene rings is 3. The molecule has 2 amide bonds. The summed E-state index contributed by atoms with van der Waals surface area (Å²) in [5.41, 5.74) is 4.19. The third-order valence-corrected chi connectivity index (χ3v) is 7.53. The minimum atomic E-state index is -1.13. The van der Waals surface area contributed by atoms with Crippen molar-refractivity contribution >= 4 is 35.1 Å². The molecule has 1 aliphatic heterocycles. The highest BCUT2D eigenvalue weighted by atomic mass is 35.5. The molecule has 1 heterocycles. The molecule has 1 saturated heterocycles. The third kappa shape index (κ3) is 2.14. The molecule has 0 spiro atoms. The van der Waals surface area contributed by atoms with E-state index in [4.69, 9.17) is 16.7 Å². The monoisotopic (exact) mass is 429 g/mol. The van der Waals surface area contributed by atoms with E-state index in [2.05, 4.69) is 0 Å². The van der Waals surface area contributed by atoms with Crippen LogP contribution in [0.15, 0.2) is 72.8 Å². The minimum absolute atomic E-state index is 0.0916. The van der Waals surface area contributed by atoms with Gasteiger partial charge in [0.2, 0.25) is 11.8 Å². The molecule has 152 valence electrons. The van der Waals surface area contributed by atoms with Gasteiger partial charge < -0.3 is 5.11 Å². The van der Waals surface area contributed by atoms with E-state index in [0.717, 1.165) is 22.3 Å². The summed E-state index contributed by atoms with van der Waals surface area (Å²) in [6.45, 7) is 0. The summed E-state index contributed by atoms with van der Waals surface area (Å²) in [5, 5.41) is 9.16. The molecule has 3 aliphatic carbocycles. The van der Waals surface area contributed by atoms with Crippen molar-refractivity contribution in [3.8, 4) is 0 Å². The van der Waals surface area contributed by atoms with Gasteiger partial charge >= 0.3 is 5.97 Å². The smallest absolute Gasteiger partial charge is 0.335 e.